The molecule has 0 spiro atoms. The van der Waals surface area contributed by atoms with E-state index >= 15 is 0 Å². The SMILES string of the molecule is CCOc1ccc(S(=O)(=O)N(C)C(CC)CC)cc1OCC. The summed E-state index contributed by atoms with van der Waals surface area (Å²) < 4.78 is 37.9. The smallest absolute Gasteiger partial charge is 0.243 e. The summed E-state index contributed by atoms with van der Waals surface area (Å²) in [5.74, 6) is 1.02. The molecule has 0 bridgehead atoms. The van der Waals surface area contributed by atoms with E-state index in [0.29, 0.717) is 24.7 Å². The summed E-state index contributed by atoms with van der Waals surface area (Å²) in [6, 6.07) is 4.76. The minimum absolute atomic E-state index is 0.00730. The van der Waals surface area contributed by atoms with Crippen LogP contribution in [-0.2, 0) is 10.0 Å². The van der Waals surface area contributed by atoms with Gasteiger partial charge in [0.25, 0.3) is 0 Å². The van der Waals surface area contributed by atoms with E-state index in [1.807, 2.05) is 27.7 Å². The minimum atomic E-state index is -3.54. The molecule has 0 aromatic heterocycles. The Kier molecular flexibility index (Phi) is 7.16. The molecule has 0 unspecified atom stereocenters. The molecular formula is C16H27NO4S. The summed E-state index contributed by atoms with van der Waals surface area (Å²) in [6.07, 6.45) is 1.56. The van der Waals surface area contributed by atoms with Crippen molar-refractivity contribution in [2.24, 2.45) is 0 Å². The third-order valence-electron chi connectivity index (χ3n) is 3.65. The molecule has 0 aliphatic carbocycles. The molecule has 0 fully saturated rings. The summed E-state index contributed by atoms with van der Waals surface area (Å²) in [6.45, 7) is 8.66. The van der Waals surface area contributed by atoms with Crippen molar-refractivity contribution < 1.29 is 17.9 Å². The molecule has 0 N–H and O–H groups in total. The van der Waals surface area contributed by atoms with Crippen molar-refractivity contribution in [1.29, 1.82) is 0 Å². The number of hydrogen-bond acceptors (Lipinski definition) is 4. The van der Waals surface area contributed by atoms with E-state index in [1.165, 1.54) is 4.31 Å². The minimum Gasteiger partial charge on any atom is -0.490 e. The highest BCUT2D eigenvalue weighted by molar-refractivity contribution is 7.89. The highest BCUT2D eigenvalue weighted by Gasteiger charge is 2.27. The van der Waals surface area contributed by atoms with Gasteiger partial charge in [-0.25, -0.2) is 8.42 Å². The van der Waals surface area contributed by atoms with Crippen LogP contribution in [-0.4, -0.2) is 39.0 Å². The molecule has 22 heavy (non-hydrogen) atoms. The Morgan fingerprint density at radius 2 is 1.55 bits per heavy atom. The van der Waals surface area contributed by atoms with Gasteiger partial charge in [-0.15, -0.1) is 0 Å². The summed E-state index contributed by atoms with van der Waals surface area (Å²) >= 11 is 0. The Balaban J connectivity index is 3.22. The quantitative estimate of drug-likeness (QED) is 0.697. The largest absolute Gasteiger partial charge is 0.490 e. The molecule has 5 nitrogen and oxygen atoms in total. The maximum atomic E-state index is 12.7. The second kappa shape index (κ2) is 8.39. The van der Waals surface area contributed by atoms with E-state index in [-0.39, 0.29) is 10.9 Å². The number of benzene rings is 1. The maximum Gasteiger partial charge on any atom is 0.243 e. The maximum absolute atomic E-state index is 12.7. The van der Waals surface area contributed by atoms with E-state index in [9.17, 15) is 8.42 Å². The van der Waals surface area contributed by atoms with Crippen molar-refractivity contribution >= 4 is 10.0 Å². The number of ether oxygens (including phenoxy) is 2. The molecule has 0 amide bonds. The van der Waals surface area contributed by atoms with Gasteiger partial charge in [0.2, 0.25) is 10.0 Å². The van der Waals surface area contributed by atoms with Crippen LogP contribution in [0.4, 0.5) is 0 Å². The van der Waals surface area contributed by atoms with Gasteiger partial charge in [-0.3, -0.25) is 0 Å². The molecular weight excluding hydrogens is 302 g/mol. The van der Waals surface area contributed by atoms with Gasteiger partial charge >= 0.3 is 0 Å². The highest BCUT2D eigenvalue weighted by atomic mass is 32.2. The van der Waals surface area contributed by atoms with Crippen LogP contribution in [0.25, 0.3) is 0 Å². The lowest BCUT2D eigenvalue weighted by molar-refractivity contribution is 0.286. The van der Waals surface area contributed by atoms with Crippen LogP contribution < -0.4 is 9.47 Å². The second-order valence-corrected chi connectivity index (χ2v) is 6.96. The lowest BCUT2D eigenvalue weighted by Gasteiger charge is -2.25. The van der Waals surface area contributed by atoms with Crippen molar-refractivity contribution in [3.8, 4) is 11.5 Å². The molecule has 6 heteroatoms. The summed E-state index contributed by atoms with van der Waals surface area (Å²) in [5, 5.41) is 0. The lowest BCUT2D eigenvalue weighted by atomic mass is 10.2. The number of nitrogens with zero attached hydrogens (tertiary/aromatic N) is 1. The molecule has 1 aromatic carbocycles. The average molecular weight is 329 g/mol. The normalized spacial score (nSPS) is 12.0. The second-order valence-electron chi connectivity index (χ2n) is 4.97. The molecule has 0 aliphatic rings. The van der Waals surface area contributed by atoms with Crippen LogP contribution in [0.2, 0.25) is 0 Å². The molecule has 0 atom stereocenters. The van der Waals surface area contributed by atoms with Gasteiger partial charge in [-0.05, 0) is 38.8 Å². The van der Waals surface area contributed by atoms with Crippen LogP contribution in [0.3, 0.4) is 0 Å². The topological polar surface area (TPSA) is 55.8 Å². The fourth-order valence-corrected chi connectivity index (χ4v) is 3.88. The first-order valence-corrected chi connectivity index (χ1v) is 9.23. The summed E-state index contributed by atoms with van der Waals surface area (Å²) in [7, 11) is -1.91. The fourth-order valence-electron chi connectivity index (χ4n) is 2.36. The first-order valence-electron chi connectivity index (χ1n) is 7.79. The van der Waals surface area contributed by atoms with E-state index < -0.39 is 10.0 Å². The van der Waals surface area contributed by atoms with Crippen molar-refractivity contribution in [1.82, 2.24) is 4.31 Å². The molecule has 0 saturated carbocycles. The molecule has 126 valence electrons. The van der Waals surface area contributed by atoms with E-state index in [4.69, 9.17) is 9.47 Å². The van der Waals surface area contributed by atoms with Crippen LogP contribution >= 0.6 is 0 Å². The van der Waals surface area contributed by atoms with Gasteiger partial charge in [0.1, 0.15) is 0 Å². The van der Waals surface area contributed by atoms with E-state index in [0.717, 1.165) is 12.8 Å². The standard InChI is InChI=1S/C16H27NO4S/c1-6-13(7-2)17(5)22(18,19)14-10-11-15(20-8-3)16(12-14)21-9-4/h10-13H,6-9H2,1-5H3. The summed E-state index contributed by atoms with van der Waals surface area (Å²) in [5.41, 5.74) is 0. The predicted octanol–water partition coefficient (Wildman–Crippen LogP) is 3.29. The Labute approximate surface area is 134 Å². The Morgan fingerprint density at radius 3 is 2.05 bits per heavy atom. The van der Waals surface area contributed by atoms with Crippen molar-refractivity contribution in [2.45, 2.75) is 51.5 Å². The van der Waals surface area contributed by atoms with Gasteiger partial charge in [0, 0.05) is 19.2 Å². The zero-order valence-corrected chi connectivity index (χ0v) is 14.9. The molecule has 0 radical (unpaired) electrons. The zero-order chi connectivity index (χ0) is 16.8. The Bertz CT molecular complexity index is 568. The van der Waals surface area contributed by atoms with Crippen LogP contribution in [0.15, 0.2) is 23.1 Å². The van der Waals surface area contributed by atoms with Crippen molar-refractivity contribution in [2.75, 3.05) is 20.3 Å². The Morgan fingerprint density at radius 1 is 1.00 bits per heavy atom. The van der Waals surface area contributed by atoms with E-state index in [2.05, 4.69) is 0 Å². The van der Waals surface area contributed by atoms with Crippen LogP contribution in [0, 0.1) is 0 Å². The third-order valence-corrected chi connectivity index (χ3v) is 5.55. The van der Waals surface area contributed by atoms with Gasteiger partial charge in [0.05, 0.1) is 18.1 Å². The van der Waals surface area contributed by atoms with Gasteiger partial charge < -0.3 is 9.47 Å². The van der Waals surface area contributed by atoms with Crippen molar-refractivity contribution in [3.05, 3.63) is 18.2 Å². The van der Waals surface area contributed by atoms with Crippen LogP contribution in [0.5, 0.6) is 11.5 Å². The number of hydrogen-bond donors (Lipinski definition) is 0. The van der Waals surface area contributed by atoms with Crippen LogP contribution in [0.1, 0.15) is 40.5 Å². The van der Waals surface area contributed by atoms with Gasteiger partial charge in [-0.1, -0.05) is 13.8 Å². The third kappa shape index (κ3) is 4.14. The molecule has 1 rings (SSSR count). The molecule has 0 saturated heterocycles. The Hall–Kier alpha value is -1.27. The molecule has 0 heterocycles. The zero-order valence-electron chi connectivity index (χ0n) is 14.1. The highest BCUT2D eigenvalue weighted by Crippen LogP contribution is 2.31. The lowest BCUT2D eigenvalue weighted by Crippen LogP contribution is -2.36. The average Bonchev–Trinajstić information content (AvgIpc) is 2.50. The monoisotopic (exact) mass is 329 g/mol. The van der Waals surface area contributed by atoms with Gasteiger partial charge in [-0.2, -0.15) is 4.31 Å². The van der Waals surface area contributed by atoms with E-state index in [1.54, 1.807) is 25.2 Å². The van der Waals surface area contributed by atoms with Gasteiger partial charge in [0.15, 0.2) is 11.5 Å². The number of rotatable bonds is 9. The fraction of sp³-hybridized carbons (Fsp3) is 0.625. The molecule has 1 aromatic rings. The summed E-state index contributed by atoms with van der Waals surface area (Å²) in [4.78, 5) is 0.230. The first kappa shape index (κ1) is 18.8. The predicted molar refractivity (Wildman–Crippen MR) is 88.1 cm³/mol. The number of sulfonamides is 1. The van der Waals surface area contributed by atoms with Crippen molar-refractivity contribution in [3.63, 3.8) is 0 Å². The molecule has 0 aliphatic heterocycles. The first-order chi connectivity index (χ1) is 10.4.